The minimum absolute atomic E-state index is 0.0213. The molecular weight excluding hydrogens is 233 g/mol. The second-order valence-corrected chi connectivity index (χ2v) is 9.69. The Morgan fingerprint density at radius 2 is 2.06 bits per heavy atom. The minimum Gasteiger partial charge on any atom is -0.369 e. The molecule has 1 amide bonds. The van der Waals surface area contributed by atoms with E-state index >= 15 is 0 Å². The van der Waals surface area contributed by atoms with Gasteiger partial charge >= 0.3 is 0 Å². The highest BCUT2D eigenvalue weighted by Gasteiger charge is 2.09. The SMILES string of the molecule is C[Si](C)(C)C#Cc1ccc(F)cc1CC(N)=O. The largest absolute Gasteiger partial charge is 0.369 e. The first-order valence-electron chi connectivity index (χ1n) is 5.38. The Hall–Kier alpha value is -1.60. The Labute approximate surface area is 102 Å². The van der Waals surface area contributed by atoms with Crippen LogP contribution in [0, 0.1) is 17.3 Å². The quantitative estimate of drug-likeness (QED) is 0.633. The van der Waals surface area contributed by atoms with Crippen molar-refractivity contribution in [2.24, 2.45) is 5.73 Å². The zero-order valence-corrected chi connectivity index (χ0v) is 11.3. The molecule has 0 unspecified atom stereocenters. The van der Waals surface area contributed by atoms with E-state index in [1.54, 1.807) is 6.07 Å². The predicted octanol–water partition coefficient (Wildman–Crippen LogP) is 2.08. The van der Waals surface area contributed by atoms with Gasteiger partial charge in [-0.2, -0.15) is 0 Å². The molecule has 17 heavy (non-hydrogen) atoms. The number of halogens is 1. The molecular formula is C13H16FNOSi. The van der Waals surface area contributed by atoms with E-state index in [1.165, 1.54) is 12.1 Å². The van der Waals surface area contributed by atoms with E-state index in [1.807, 2.05) is 0 Å². The monoisotopic (exact) mass is 249 g/mol. The van der Waals surface area contributed by atoms with Gasteiger partial charge in [-0.1, -0.05) is 25.6 Å². The van der Waals surface area contributed by atoms with E-state index in [4.69, 9.17) is 5.73 Å². The molecule has 2 N–H and O–H groups in total. The normalized spacial score (nSPS) is 10.6. The molecule has 0 bridgehead atoms. The number of hydrogen-bond donors (Lipinski definition) is 1. The van der Waals surface area contributed by atoms with Crippen LogP contribution in [0.3, 0.4) is 0 Å². The van der Waals surface area contributed by atoms with Gasteiger partial charge in [-0.25, -0.2) is 4.39 Å². The van der Waals surface area contributed by atoms with Crippen LogP contribution in [0.5, 0.6) is 0 Å². The van der Waals surface area contributed by atoms with Crippen molar-refractivity contribution in [1.82, 2.24) is 0 Å². The molecule has 2 nitrogen and oxygen atoms in total. The summed E-state index contributed by atoms with van der Waals surface area (Å²) < 4.78 is 13.1. The summed E-state index contributed by atoms with van der Waals surface area (Å²) in [4.78, 5) is 10.9. The number of primary amides is 1. The van der Waals surface area contributed by atoms with E-state index in [2.05, 4.69) is 31.1 Å². The van der Waals surface area contributed by atoms with Crippen molar-refractivity contribution in [3.05, 3.63) is 35.1 Å². The van der Waals surface area contributed by atoms with Gasteiger partial charge in [0.05, 0.1) is 6.42 Å². The number of nitrogens with two attached hydrogens (primary N) is 1. The van der Waals surface area contributed by atoms with Crippen LogP contribution in [0.25, 0.3) is 0 Å². The first-order chi connectivity index (χ1) is 7.78. The van der Waals surface area contributed by atoms with Crippen molar-refractivity contribution >= 4 is 14.0 Å². The molecule has 0 aromatic heterocycles. The molecule has 0 fully saturated rings. The van der Waals surface area contributed by atoms with Gasteiger partial charge in [0.2, 0.25) is 5.91 Å². The molecule has 0 spiro atoms. The van der Waals surface area contributed by atoms with E-state index in [0.717, 1.165) is 0 Å². The average Bonchev–Trinajstić information content (AvgIpc) is 2.14. The van der Waals surface area contributed by atoms with Crippen molar-refractivity contribution in [3.8, 4) is 11.5 Å². The fourth-order valence-corrected chi connectivity index (χ4v) is 1.78. The Morgan fingerprint density at radius 3 is 2.59 bits per heavy atom. The van der Waals surface area contributed by atoms with Gasteiger partial charge in [0.1, 0.15) is 13.9 Å². The molecule has 1 rings (SSSR count). The number of rotatable bonds is 2. The van der Waals surface area contributed by atoms with Crippen molar-refractivity contribution < 1.29 is 9.18 Å². The summed E-state index contributed by atoms with van der Waals surface area (Å²) in [5.74, 6) is 2.17. The zero-order chi connectivity index (χ0) is 13.1. The lowest BCUT2D eigenvalue weighted by atomic mass is 10.0. The molecule has 0 aliphatic heterocycles. The summed E-state index contributed by atoms with van der Waals surface area (Å²) in [7, 11) is -1.49. The molecule has 0 heterocycles. The standard InChI is InChI=1S/C13H16FNOSi/c1-17(2,3)7-6-10-4-5-12(14)8-11(10)9-13(15)16/h4-5,8H,9H2,1-3H3,(H2,15,16). The maximum absolute atomic E-state index is 13.1. The smallest absolute Gasteiger partial charge is 0.221 e. The lowest BCUT2D eigenvalue weighted by Gasteiger charge is -2.05. The Balaban J connectivity index is 3.13. The first kappa shape index (κ1) is 13.5. The molecule has 1 aromatic carbocycles. The van der Waals surface area contributed by atoms with Gasteiger partial charge in [0.25, 0.3) is 0 Å². The summed E-state index contributed by atoms with van der Waals surface area (Å²) in [6, 6.07) is 4.26. The number of hydrogen-bond acceptors (Lipinski definition) is 1. The maximum Gasteiger partial charge on any atom is 0.221 e. The fraction of sp³-hybridized carbons (Fsp3) is 0.308. The molecule has 4 heteroatoms. The lowest BCUT2D eigenvalue weighted by Crippen LogP contribution is -2.17. The van der Waals surface area contributed by atoms with Gasteiger partial charge in [0, 0.05) is 5.56 Å². The van der Waals surface area contributed by atoms with Crippen LogP contribution in [0.4, 0.5) is 4.39 Å². The summed E-state index contributed by atoms with van der Waals surface area (Å²) >= 11 is 0. The van der Waals surface area contributed by atoms with Gasteiger partial charge in [-0.3, -0.25) is 4.79 Å². The maximum atomic E-state index is 13.1. The van der Waals surface area contributed by atoms with Crippen LogP contribution in [0.15, 0.2) is 18.2 Å². The fourth-order valence-electron chi connectivity index (χ4n) is 1.27. The lowest BCUT2D eigenvalue weighted by molar-refractivity contribution is -0.117. The second kappa shape index (κ2) is 5.15. The summed E-state index contributed by atoms with van der Waals surface area (Å²) in [6.45, 7) is 6.37. The van der Waals surface area contributed by atoms with Gasteiger partial charge in [-0.05, 0) is 23.8 Å². The third kappa shape index (κ3) is 4.83. The van der Waals surface area contributed by atoms with Crippen LogP contribution < -0.4 is 5.73 Å². The van der Waals surface area contributed by atoms with E-state index < -0.39 is 14.0 Å². The third-order valence-corrected chi connectivity index (χ3v) is 2.88. The molecule has 0 aliphatic carbocycles. The number of benzene rings is 1. The molecule has 90 valence electrons. The van der Waals surface area contributed by atoms with Gasteiger partial charge < -0.3 is 5.73 Å². The number of carbonyl (C=O) groups excluding carboxylic acids is 1. The number of carbonyl (C=O) groups is 1. The van der Waals surface area contributed by atoms with E-state index in [0.29, 0.717) is 11.1 Å². The second-order valence-electron chi connectivity index (χ2n) is 4.94. The van der Waals surface area contributed by atoms with Gasteiger partial charge in [-0.15, -0.1) is 5.54 Å². The summed E-state index contributed by atoms with van der Waals surface area (Å²) in [5.41, 5.74) is 9.56. The van der Waals surface area contributed by atoms with E-state index in [-0.39, 0.29) is 12.2 Å². The van der Waals surface area contributed by atoms with Crippen LogP contribution in [-0.2, 0) is 11.2 Å². The highest BCUT2D eigenvalue weighted by Crippen LogP contribution is 2.11. The molecule has 0 saturated carbocycles. The minimum atomic E-state index is -1.49. The number of amides is 1. The Bertz CT molecular complexity index is 494. The topological polar surface area (TPSA) is 43.1 Å². The third-order valence-electron chi connectivity index (χ3n) is 2.00. The molecule has 0 aliphatic rings. The van der Waals surface area contributed by atoms with Crippen molar-refractivity contribution in [1.29, 1.82) is 0 Å². The molecule has 1 aromatic rings. The van der Waals surface area contributed by atoms with Crippen molar-refractivity contribution in [2.45, 2.75) is 26.1 Å². The van der Waals surface area contributed by atoms with Crippen LogP contribution in [0.1, 0.15) is 11.1 Å². The Kier molecular flexibility index (Phi) is 4.08. The first-order valence-corrected chi connectivity index (χ1v) is 8.88. The van der Waals surface area contributed by atoms with Crippen LogP contribution in [0.2, 0.25) is 19.6 Å². The summed E-state index contributed by atoms with van der Waals surface area (Å²) in [5, 5.41) is 0. The Morgan fingerprint density at radius 1 is 1.41 bits per heavy atom. The summed E-state index contributed by atoms with van der Waals surface area (Å²) in [6.07, 6.45) is 0.0213. The van der Waals surface area contributed by atoms with E-state index in [9.17, 15) is 9.18 Å². The van der Waals surface area contributed by atoms with Crippen molar-refractivity contribution in [3.63, 3.8) is 0 Å². The highest BCUT2D eigenvalue weighted by molar-refractivity contribution is 6.83. The highest BCUT2D eigenvalue weighted by atomic mass is 28.3. The average molecular weight is 249 g/mol. The zero-order valence-electron chi connectivity index (χ0n) is 10.3. The van der Waals surface area contributed by atoms with Crippen LogP contribution >= 0.6 is 0 Å². The molecule has 0 radical (unpaired) electrons. The molecule has 0 saturated heterocycles. The predicted molar refractivity (Wildman–Crippen MR) is 69.5 cm³/mol. The van der Waals surface area contributed by atoms with Crippen LogP contribution in [-0.4, -0.2) is 14.0 Å². The van der Waals surface area contributed by atoms with Crippen molar-refractivity contribution in [2.75, 3.05) is 0 Å². The van der Waals surface area contributed by atoms with Gasteiger partial charge in [0.15, 0.2) is 0 Å². The molecule has 0 atom stereocenters.